The van der Waals surface area contributed by atoms with Crippen molar-refractivity contribution in [2.45, 2.75) is 6.92 Å². The van der Waals surface area contributed by atoms with Crippen LogP contribution in [0.25, 0.3) is 0 Å². The maximum Gasteiger partial charge on any atom is 0.262 e. The first-order chi connectivity index (χ1) is 13.4. The summed E-state index contributed by atoms with van der Waals surface area (Å²) in [6, 6.07) is 11.9. The third-order valence-corrected chi connectivity index (χ3v) is 4.47. The highest BCUT2D eigenvalue weighted by atomic mass is 35.5. The molecule has 144 valence electrons. The number of carbonyl (C=O) groups excluding carboxylic acids is 2. The standard InChI is InChI=1S/C20H19ClN4O3/c1-12-4-7-15(10-17(12)21)23-18(26)13-5-8-14(9-6-13)22-19(27)16-11-25(2)24-20(16)28-3/h4-11H,1-3H3,(H,22,27)(H,23,26). The van der Waals surface area contributed by atoms with Gasteiger partial charge in [-0.25, -0.2) is 0 Å². The van der Waals surface area contributed by atoms with E-state index >= 15 is 0 Å². The van der Waals surface area contributed by atoms with Gasteiger partial charge in [0.1, 0.15) is 5.56 Å². The van der Waals surface area contributed by atoms with Gasteiger partial charge < -0.3 is 15.4 Å². The van der Waals surface area contributed by atoms with Crippen LogP contribution >= 0.6 is 11.6 Å². The van der Waals surface area contributed by atoms with Crippen molar-refractivity contribution in [1.29, 1.82) is 0 Å². The lowest BCUT2D eigenvalue weighted by Gasteiger charge is -2.08. The molecule has 0 aliphatic rings. The highest BCUT2D eigenvalue weighted by Crippen LogP contribution is 2.21. The fraction of sp³-hybridized carbons (Fsp3) is 0.150. The maximum absolute atomic E-state index is 12.4. The lowest BCUT2D eigenvalue weighted by molar-refractivity contribution is 0.101. The fourth-order valence-corrected chi connectivity index (χ4v) is 2.73. The Bertz CT molecular complexity index is 1030. The molecule has 0 saturated carbocycles. The molecule has 0 spiro atoms. The van der Waals surface area contributed by atoms with E-state index in [1.165, 1.54) is 11.8 Å². The molecule has 7 nitrogen and oxygen atoms in total. The first-order valence-electron chi connectivity index (χ1n) is 8.44. The van der Waals surface area contributed by atoms with Gasteiger partial charge in [-0.1, -0.05) is 17.7 Å². The molecule has 1 heterocycles. The Morgan fingerprint density at radius 1 is 1.04 bits per heavy atom. The summed E-state index contributed by atoms with van der Waals surface area (Å²) in [5, 5.41) is 10.2. The molecule has 0 unspecified atom stereocenters. The minimum absolute atomic E-state index is 0.243. The Kier molecular flexibility index (Phi) is 5.65. The predicted molar refractivity (Wildman–Crippen MR) is 108 cm³/mol. The molecule has 0 bridgehead atoms. The number of benzene rings is 2. The molecule has 0 aliphatic heterocycles. The highest BCUT2D eigenvalue weighted by Gasteiger charge is 2.16. The molecule has 3 rings (SSSR count). The van der Waals surface area contributed by atoms with Crippen LogP contribution in [0.15, 0.2) is 48.7 Å². The van der Waals surface area contributed by atoms with Crippen LogP contribution in [-0.4, -0.2) is 28.7 Å². The molecule has 2 N–H and O–H groups in total. The summed E-state index contributed by atoms with van der Waals surface area (Å²) < 4.78 is 6.59. The molecule has 2 amide bonds. The number of methoxy groups -OCH3 is 1. The van der Waals surface area contributed by atoms with Gasteiger partial charge in [0.2, 0.25) is 5.88 Å². The molecule has 28 heavy (non-hydrogen) atoms. The van der Waals surface area contributed by atoms with Crippen LogP contribution in [0.4, 0.5) is 11.4 Å². The summed E-state index contributed by atoms with van der Waals surface area (Å²) >= 11 is 6.08. The van der Waals surface area contributed by atoms with Crippen LogP contribution < -0.4 is 15.4 Å². The second-order valence-corrected chi connectivity index (χ2v) is 6.58. The van der Waals surface area contributed by atoms with E-state index in [2.05, 4.69) is 15.7 Å². The van der Waals surface area contributed by atoms with E-state index in [4.69, 9.17) is 16.3 Å². The summed E-state index contributed by atoms with van der Waals surface area (Å²) in [5.74, 6) is -0.379. The van der Waals surface area contributed by atoms with Gasteiger partial charge >= 0.3 is 0 Å². The van der Waals surface area contributed by atoms with Crippen LogP contribution in [0.1, 0.15) is 26.3 Å². The van der Waals surface area contributed by atoms with Gasteiger partial charge in [-0.3, -0.25) is 14.3 Å². The van der Waals surface area contributed by atoms with E-state index in [1.807, 2.05) is 13.0 Å². The minimum Gasteiger partial charge on any atom is -0.479 e. The highest BCUT2D eigenvalue weighted by molar-refractivity contribution is 6.31. The largest absolute Gasteiger partial charge is 0.479 e. The third-order valence-electron chi connectivity index (χ3n) is 4.07. The van der Waals surface area contributed by atoms with Crippen molar-refractivity contribution in [2.75, 3.05) is 17.7 Å². The first kappa shape index (κ1) is 19.4. The zero-order valence-electron chi connectivity index (χ0n) is 15.6. The fourth-order valence-electron chi connectivity index (χ4n) is 2.55. The summed E-state index contributed by atoms with van der Waals surface area (Å²) in [4.78, 5) is 24.8. The Hall–Kier alpha value is -3.32. The number of rotatable bonds is 5. The van der Waals surface area contributed by atoms with Crippen LogP contribution in [0.5, 0.6) is 5.88 Å². The molecule has 0 atom stereocenters. The summed E-state index contributed by atoms with van der Waals surface area (Å²) in [7, 11) is 3.15. The van der Waals surface area contributed by atoms with E-state index in [9.17, 15) is 9.59 Å². The Morgan fingerprint density at radius 2 is 1.68 bits per heavy atom. The quantitative estimate of drug-likeness (QED) is 0.682. The number of hydrogen-bond donors (Lipinski definition) is 2. The van der Waals surface area contributed by atoms with Crippen molar-refractivity contribution < 1.29 is 14.3 Å². The summed E-state index contributed by atoms with van der Waals surface area (Å²) in [6.45, 7) is 1.89. The zero-order chi connectivity index (χ0) is 20.3. The number of halogens is 1. The molecular formula is C20H19ClN4O3. The van der Waals surface area contributed by atoms with Crippen molar-refractivity contribution in [3.05, 3.63) is 70.4 Å². The Balaban J connectivity index is 1.68. The van der Waals surface area contributed by atoms with Crippen LogP contribution in [-0.2, 0) is 7.05 Å². The lowest BCUT2D eigenvalue weighted by atomic mass is 10.1. The van der Waals surface area contributed by atoms with Gasteiger partial charge in [-0.05, 0) is 48.9 Å². The van der Waals surface area contributed by atoms with Gasteiger partial charge in [0, 0.05) is 35.2 Å². The molecule has 0 radical (unpaired) electrons. The van der Waals surface area contributed by atoms with E-state index in [-0.39, 0.29) is 17.7 Å². The van der Waals surface area contributed by atoms with Gasteiger partial charge in [-0.2, -0.15) is 0 Å². The SMILES string of the molecule is COc1nn(C)cc1C(=O)Nc1ccc(C(=O)Nc2ccc(C)c(Cl)c2)cc1. The van der Waals surface area contributed by atoms with Crippen molar-refractivity contribution in [3.63, 3.8) is 0 Å². The van der Waals surface area contributed by atoms with Crippen LogP contribution in [0.3, 0.4) is 0 Å². The van der Waals surface area contributed by atoms with Crippen LogP contribution in [0, 0.1) is 6.92 Å². The minimum atomic E-state index is -0.351. The molecule has 1 aromatic heterocycles. The number of anilines is 2. The topological polar surface area (TPSA) is 85.2 Å². The van der Waals surface area contributed by atoms with Crippen molar-refractivity contribution in [3.8, 4) is 5.88 Å². The van der Waals surface area contributed by atoms with E-state index in [0.717, 1.165) is 5.56 Å². The number of aryl methyl sites for hydroxylation is 2. The number of nitrogens with one attached hydrogen (secondary N) is 2. The van der Waals surface area contributed by atoms with Crippen molar-refractivity contribution in [1.82, 2.24) is 9.78 Å². The molecule has 0 fully saturated rings. The van der Waals surface area contributed by atoms with Gasteiger partial charge in [-0.15, -0.1) is 5.10 Å². The zero-order valence-corrected chi connectivity index (χ0v) is 16.4. The van der Waals surface area contributed by atoms with Crippen LogP contribution in [0.2, 0.25) is 5.02 Å². The first-order valence-corrected chi connectivity index (χ1v) is 8.81. The van der Waals surface area contributed by atoms with E-state index in [0.29, 0.717) is 27.5 Å². The number of amides is 2. The van der Waals surface area contributed by atoms with Crippen molar-refractivity contribution in [2.24, 2.45) is 7.05 Å². The van der Waals surface area contributed by atoms with E-state index < -0.39 is 0 Å². The Morgan fingerprint density at radius 3 is 2.32 bits per heavy atom. The molecule has 0 saturated heterocycles. The molecule has 8 heteroatoms. The molecule has 0 aliphatic carbocycles. The number of nitrogens with zero attached hydrogens (tertiary/aromatic N) is 2. The Labute approximate surface area is 167 Å². The second-order valence-electron chi connectivity index (χ2n) is 6.18. The maximum atomic E-state index is 12.4. The lowest BCUT2D eigenvalue weighted by Crippen LogP contribution is -2.14. The molecule has 2 aromatic carbocycles. The average Bonchev–Trinajstić information content (AvgIpc) is 3.06. The number of ether oxygens (including phenoxy) is 1. The molecule has 3 aromatic rings. The monoisotopic (exact) mass is 398 g/mol. The third kappa shape index (κ3) is 4.32. The molecular weight excluding hydrogens is 380 g/mol. The van der Waals surface area contributed by atoms with Gasteiger partial charge in [0.05, 0.1) is 7.11 Å². The number of carbonyl (C=O) groups is 2. The predicted octanol–water partition coefficient (Wildman–Crippen LogP) is 3.90. The number of aromatic nitrogens is 2. The number of hydrogen-bond acceptors (Lipinski definition) is 4. The summed E-state index contributed by atoms with van der Waals surface area (Å²) in [5.41, 5.74) is 2.87. The van der Waals surface area contributed by atoms with E-state index in [1.54, 1.807) is 49.6 Å². The smallest absolute Gasteiger partial charge is 0.262 e. The van der Waals surface area contributed by atoms with Gasteiger partial charge in [0.25, 0.3) is 11.8 Å². The average molecular weight is 399 g/mol. The van der Waals surface area contributed by atoms with Gasteiger partial charge in [0.15, 0.2) is 0 Å². The normalized spacial score (nSPS) is 10.4. The second kappa shape index (κ2) is 8.14. The summed E-state index contributed by atoms with van der Waals surface area (Å²) in [6.07, 6.45) is 1.57. The van der Waals surface area contributed by atoms with Crippen molar-refractivity contribution >= 4 is 34.8 Å².